The molecule has 1 unspecified atom stereocenters. The van der Waals surface area contributed by atoms with Gasteiger partial charge in [0.05, 0.1) is 0 Å². The van der Waals surface area contributed by atoms with Crippen molar-refractivity contribution < 1.29 is 25.6 Å². The van der Waals surface area contributed by atoms with Crippen molar-refractivity contribution in [3.8, 4) is 0 Å². The zero-order chi connectivity index (χ0) is 15.3. The van der Waals surface area contributed by atoms with Gasteiger partial charge in [-0.2, -0.15) is 0 Å². The van der Waals surface area contributed by atoms with Crippen molar-refractivity contribution in [3.05, 3.63) is 0 Å². The summed E-state index contributed by atoms with van der Waals surface area (Å²) in [4.78, 5) is 0. The second-order valence-electron chi connectivity index (χ2n) is 5.53. The molecule has 0 amide bonds. The number of rotatable bonds is 9. The molecule has 6 nitrogen and oxygen atoms in total. The summed E-state index contributed by atoms with van der Waals surface area (Å²) in [7, 11) is -4.23. The maximum Gasteiger partial charge on any atom is 0.669 e. The Labute approximate surface area is 122 Å². The van der Waals surface area contributed by atoms with Crippen LogP contribution in [-0.2, 0) is 25.6 Å². The van der Waals surface area contributed by atoms with Crippen molar-refractivity contribution in [2.24, 2.45) is 0 Å². The van der Waals surface area contributed by atoms with Crippen LogP contribution in [0.3, 0.4) is 0 Å². The van der Waals surface area contributed by atoms with Crippen molar-refractivity contribution in [2.45, 2.75) is 39.3 Å². The lowest BCUT2D eigenvalue weighted by Gasteiger charge is -2.34. The average Bonchev–Trinajstić information content (AvgIpc) is 2.22. The van der Waals surface area contributed by atoms with E-state index in [4.69, 9.17) is 25.6 Å². The second kappa shape index (κ2) is 7.58. The summed E-state index contributed by atoms with van der Waals surface area (Å²) in [5, 5.41) is 0. The summed E-state index contributed by atoms with van der Waals surface area (Å²) >= 11 is 0. The summed E-state index contributed by atoms with van der Waals surface area (Å²) in [6.45, 7) is 12.4. The Kier molecular flexibility index (Phi) is 7.83. The quantitative estimate of drug-likeness (QED) is 0.595. The summed E-state index contributed by atoms with van der Waals surface area (Å²) in [6, 6.07) is 0. The third-order valence-electron chi connectivity index (χ3n) is 2.09. The van der Waals surface area contributed by atoms with Gasteiger partial charge in [-0.3, -0.25) is 0 Å². The summed E-state index contributed by atoms with van der Waals surface area (Å²) < 4.78 is 33.7. The SMILES string of the molecule is CO[Si](OC)(OC)O[Si](C)(C)O[SiH](C)O[Si](C)(C)C. The van der Waals surface area contributed by atoms with E-state index >= 15 is 0 Å². The first-order chi connectivity index (χ1) is 8.49. The molecule has 0 heterocycles. The normalized spacial score (nSPS) is 15.6. The largest absolute Gasteiger partial charge is 0.669 e. The van der Waals surface area contributed by atoms with Crippen LogP contribution in [0.2, 0.25) is 39.3 Å². The van der Waals surface area contributed by atoms with Crippen molar-refractivity contribution in [1.29, 1.82) is 0 Å². The highest BCUT2D eigenvalue weighted by Gasteiger charge is 2.49. The molecule has 0 saturated carbocycles. The van der Waals surface area contributed by atoms with Crippen LogP contribution >= 0.6 is 0 Å². The summed E-state index contributed by atoms with van der Waals surface area (Å²) in [6.07, 6.45) is 0. The maximum absolute atomic E-state index is 6.04. The summed E-state index contributed by atoms with van der Waals surface area (Å²) in [5.41, 5.74) is 0. The van der Waals surface area contributed by atoms with Crippen molar-refractivity contribution in [1.82, 2.24) is 0 Å². The lowest BCUT2D eigenvalue weighted by Crippen LogP contribution is -2.57. The smallest absolute Gasteiger partial charge is 0.439 e. The monoisotopic (exact) mass is 344 g/mol. The molecule has 0 aromatic heterocycles. The van der Waals surface area contributed by atoms with Crippen molar-refractivity contribution in [3.63, 3.8) is 0 Å². The van der Waals surface area contributed by atoms with Crippen LogP contribution in [-0.4, -0.2) is 56.5 Å². The van der Waals surface area contributed by atoms with Crippen LogP contribution in [0.5, 0.6) is 0 Å². The molecule has 0 aromatic carbocycles. The average molecular weight is 345 g/mol. The minimum Gasteiger partial charge on any atom is -0.439 e. The first-order valence-electron chi connectivity index (χ1n) is 6.20. The van der Waals surface area contributed by atoms with Crippen LogP contribution in [0.4, 0.5) is 0 Å². The highest BCUT2D eigenvalue weighted by Crippen LogP contribution is 2.19. The van der Waals surface area contributed by atoms with E-state index in [-0.39, 0.29) is 0 Å². The highest BCUT2D eigenvalue weighted by atomic mass is 28.5. The van der Waals surface area contributed by atoms with Crippen LogP contribution < -0.4 is 0 Å². The molecule has 0 fully saturated rings. The van der Waals surface area contributed by atoms with Crippen LogP contribution in [0.1, 0.15) is 0 Å². The van der Waals surface area contributed by atoms with Gasteiger partial charge in [0.1, 0.15) is 0 Å². The molecule has 0 rings (SSSR count). The predicted molar refractivity (Wildman–Crippen MR) is 83.9 cm³/mol. The van der Waals surface area contributed by atoms with E-state index in [0.29, 0.717) is 0 Å². The number of hydrogen-bond donors (Lipinski definition) is 0. The standard InChI is InChI=1S/C9H28O6Si4/c1-10-19(11-2,12-3)15-18(8,9)14-16(4)13-17(5,6)7/h16H,1-9H3. The van der Waals surface area contributed by atoms with Crippen molar-refractivity contribution >= 4 is 35.2 Å². The molecule has 0 saturated heterocycles. The molecule has 0 N–H and O–H groups in total. The van der Waals surface area contributed by atoms with Gasteiger partial charge in [-0.05, 0) is 39.3 Å². The highest BCUT2D eigenvalue weighted by molar-refractivity contribution is 6.81. The van der Waals surface area contributed by atoms with Gasteiger partial charge in [-0.25, -0.2) is 0 Å². The van der Waals surface area contributed by atoms with Gasteiger partial charge in [-0.1, -0.05) is 0 Å². The predicted octanol–water partition coefficient (Wildman–Crippen LogP) is 1.80. The Bertz CT molecular complexity index is 258. The number of hydrogen-bond acceptors (Lipinski definition) is 6. The topological polar surface area (TPSA) is 55.4 Å². The molecule has 1 atom stereocenters. The molecule has 116 valence electrons. The van der Waals surface area contributed by atoms with E-state index < -0.39 is 35.2 Å². The van der Waals surface area contributed by atoms with E-state index in [1.807, 2.05) is 19.6 Å². The molecule has 0 bridgehead atoms. The first kappa shape index (κ1) is 19.6. The fourth-order valence-electron chi connectivity index (χ4n) is 1.62. The molecular weight excluding hydrogens is 316 g/mol. The van der Waals surface area contributed by atoms with E-state index in [0.717, 1.165) is 0 Å². The molecule has 0 radical (unpaired) electrons. The third kappa shape index (κ3) is 7.84. The van der Waals surface area contributed by atoms with Crippen LogP contribution in [0, 0.1) is 0 Å². The Morgan fingerprint density at radius 1 is 0.737 bits per heavy atom. The Hall–Kier alpha value is 0.628. The Morgan fingerprint density at radius 3 is 1.47 bits per heavy atom. The molecule has 0 aliphatic heterocycles. The third-order valence-corrected chi connectivity index (χ3v) is 14.3. The lowest BCUT2D eigenvalue weighted by atomic mass is 11.8. The van der Waals surface area contributed by atoms with E-state index in [1.54, 1.807) is 0 Å². The van der Waals surface area contributed by atoms with E-state index in [2.05, 4.69) is 19.6 Å². The Morgan fingerprint density at radius 2 is 1.16 bits per heavy atom. The van der Waals surface area contributed by atoms with Gasteiger partial charge in [0.2, 0.25) is 0 Å². The molecule has 0 spiro atoms. The molecule has 0 aliphatic carbocycles. The second-order valence-corrected chi connectivity index (χ2v) is 18.6. The minimum absolute atomic E-state index is 1.52. The van der Waals surface area contributed by atoms with Gasteiger partial charge < -0.3 is 25.6 Å². The zero-order valence-corrected chi connectivity index (χ0v) is 17.7. The first-order valence-corrected chi connectivity index (χ1v) is 16.2. The van der Waals surface area contributed by atoms with Gasteiger partial charge >= 0.3 is 17.6 Å². The summed E-state index contributed by atoms with van der Waals surface area (Å²) in [5.74, 6) is 0. The van der Waals surface area contributed by atoms with Crippen LogP contribution in [0.25, 0.3) is 0 Å². The fraction of sp³-hybridized carbons (Fsp3) is 1.00. The van der Waals surface area contributed by atoms with Gasteiger partial charge in [0.25, 0.3) is 9.28 Å². The maximum atomic E-state index is 6.04. The molecule has 0 aliphatic rings. The van der Waals surface area contributed by atoms with E-state index in [1.165, 1.54) is 21.3 Å². The Balaban J connectivity index is 4.62. The fourth-order valence-corrected chi connectivity index (χ4v) is 14.0. The lowest BCUT2D eigenvalue weighted by molar-refractivity contribution is 0.0409. The molecular formula is C9H28O6Si4. The van der Waals surface area contributed by atoms with E-state index in [9.17, 15) is 0 Å². The van der Waals surface area contributed by atoms with Crippen molar-refractivity contribution in [2.75, 3.05) is 21.3 Å². The van der Waals surface area contributed by atoms with Gasteiger partial charge in [0, 0.05) is 21.3 Å². The van der Waals surface area contributed by atoms with Gasteiger partial charge in [-0.15, -0.1) is 0 Å². The molecule has 10 heteroatoms. The molecule has 0 aromatic rings. The minimum atomic E-state index is -3.06. The molecule has 19 heavy (non-hydrogen) atoms. The van der Waals surface area contributed by atoms with Crippen LogP contribution in [0.15, 0.2) is 0 Å². The zero-order valence-electron chi connectivity index (χ0n) is 13.5. The van der Waals surface area contributed by atoms with Gasteiger partial charge in [0.15, 0.2) is 8.32 Å².